The van der Waals surface area contributed by atoms with Crippen molar-refractivity contribution in [3.63, 3.8) is 0 Å². The lowest BCUT2D eigenvalue weighted by atomic mass is 10.1. The summed E-state index contributed by atoms with van der Waals surface area (Å²) in [6.45, 7) is 1.95. The van der Waals surface area contributed by atoms with Crippen molar-refractivity contribution in [2.45, 2.75) is 19.4 Å². The summed E-state index contributed by atoms with van der Waals surface area (Å²) in [6, 6.07) is 14.6. The fourth-order valence-corrected chi connectivity index (χ4v) is 1.99. The molecule has 0 saturated heterocycles. The topological polar surface area (TPSA) is 52.9 Å². The monoisotopic (exact) mass is 282 g/mol. The lowest BCUT2D eigenvalue weighted by Crippen LogP contribution is -2.29. The predicted octanol–water partition coefficient (Wildman–Crippen LogP) is 3.06. The van der Waals surface area contributed by atoms with E-state index < -0.39 is 6.04 Å². The van der Waals surface area contributed by atoms with Gasteiger partial charge in [-0.3, -0.25) is 4.79 Å². The van der Waals surface area contributed by atoms with Crippen molar-refractivity contribution in [2.75, 3.05) is 0 Å². The van der Waals surface area contributed by atoms with Crippen LogP contribution >= 0.6 is 0 Å². The SMILES string of the molecule is Cc1ccc(C(C#N)NC(=O)Cc2cccc(F)c2)cc1. The Morgan fingerprint density at radius 3 is 2.62 bits per heavy atom. The number of aryl methyl sites for hydroxylation is 1. The van der Waals surface area contributed by atoms with Crippen LogP contribution in [-0.2, 0) is 11.2 Å². The van der Waals surface area contributed by atoms with Gasteiger partial charge in [0.05, 0.1) is 12.5 Å². The molecule has 1 N–H and O–H groups in total. The van der Waals surface area contributed by atoms with Gasteiger partial charge in [-0.15, -0.1) is 0 Å². The molecule has 2 aromatic carbocycles. The summed E-state index contributed by atoms with van der Waals surface area (Å²) in [5.74, 6) is -0.691. The maximum atomic E-state index is 13.1. The standard InChI is InChI=1S/C17H15FN2O/c1-12-5-7-14(8-6-12)16(11-19)20-17(21)10-13-3-2-4-15(18)9-13/h2-9,16H,10H2,1H3,(H,20,21). The van der Waals surface area contributed by atoms with Crippen LogP contribution in [0.5, 0.6) is 0 Å². The smallest absolute Gasteiger partial charge is 0.225 e. The van der Waals surface area contributed by atoms with Gasteiger partial charge in [0.15, 0.2) is 0 Å². The zero-order valence-corrected chi connectivity index (χ0v) is 11.6. The number of nitriles is 1. The molecular weight excluding hydrogens is 267 g/mol. The average Bonchev–Trinajstić information content (AvgIpc) is 2.46. The Balaban J connectivity index is 2.03. The molecule has 1 unspecified atom stereocenters. The Kier molecular flexibility index (Phi) is 4.68. The maximum Gasteiger partial charge on any atom is 0.225 e. The summed E-state index contributed by atoms with van der Waals surface area (Å²) >= 11 is 0. The molecule has 0 fully saturated rings. The first-order valence-corrected chi connectivity index (χ1v) is 6.58. The molecule has 106 valence electrons. The van der Waals surface area contributed by atoms with Crippen LogP contribution < -0.4 is 5.32 Å². The van der Waals surface area contributed by atoms with Gasteiger partial charge in [-0.05, 0) is 30.2 Å². The summed E-state index contributed by atoms with van der Waals surface area (Å²) in [5.41, 5.74) is 2.39. The highest BCUT2D eigenvalue weighted by Gasteiger charge is 2.14. The molecule has 0 radical (unpaired) electrons. The van der Waals surface area contributed by atoms with Gasteiger partial charge >= 0.3 is 0 Å². The number of hydrogen-bond donors (Lipinski definition) is 1. The molecule has 1 amide bonds. The summed E-state index contributed by atoms with van der Waals surface area (Å²) < 4.78 is 13.1. The van der Waals surface area contributed by atoms with Gasteiger partial charge in [-0.25, -0.2) is 4.39 Å². The Bertz CT molecular complexity index is 674. The number of hydrogen-bond acceptors (Lipinski definition) is 2. The molecule has 1 atom stereocenters. The van der Waals surface area contributed by atoms with Crippen LogP contribution in [-0.4, -0.2) is 5.91 Å². The minimum absolute atomic E-state index is 0.0435. The first-order chi connectivity index (χ1) is 10.1. The third kappa shape index (κ3) is 4.15. The predicted molar refractivity (Wildman–Crippen MR) is 77.8 cm³/mol. The zero-order chi connectivity index (χ0) is 15.2. The Morgan fingerprint density at radius 1 is 1.29 bits per heavy atom. The van der Waals surface area contributed by atoms with Gasteiger partial charge in [0.2, 0.25) is 5.91 Å². The number of rotatable bonds is 4. The highest BCUT2D eigenvalue weighted by atomic mass is 19.1. The molecular formula is C17H15FN2O. The highest BCUT2D eigenvalue weighted by molar-refractivity contribution is 5.79. The van der Waals surface area contributed by atoms with E-state index in [1.165, 1.54) is 12.1 Å². The van der Waals surface area contributed by atoms with Crippen LogP contribution in [0.2, 0.25) is 0 Å². The molecule has 0 aliphatic rings. The van der Waals surface area contributed by atoms with Crippen molar-refractivity contribution in [2.24, 2.45) is 0 Å². The maximum absolute atomic E-state index is 13.1. The lowest BCUT2D eigenvalue weighted by molar-refractivity contribution is -0.120. The molecule has 21 heavy (non-hydrogen) atoms. The summed E-state index contributed by atoms with van der Waals surface area (Å²) in [4.78, 5) is 11.9. The van der Waals surface area contributed by atoms with Crippen LogP contribution in [0.1, 0.15) is 22.7 Å². The van der Waals surface area contributed by atoms with E-state index in [4.69, 9.17) is 0 Å². The van der Waals surface area contributed by atoms with E-state index in [9.17, 15) is 14.4 Å². The van der Waals surface area contributed by atoms with Crippen molar-refractivity contribution in [3.05, 3.63) is 71.0 Å². The van der Waals surface area contributed by atoms with Crippen molar-refractivity contribution in [1.82, 2.24) is 5.32 Å². The Labute approximate surface area is 123 Å². The third-order valence-electron chi connectivity index (χ3n) is 3.10. The molecule has 0 aliphatic heterocycles. The van der Waals surface area contributed by atoms with Crippen molar-refractivity contribution in [1.29, 1.82) is 5.26 Å². The fourth-order valence-electron chi connectivity index (χ4n) is 1.99. The minimum atomic E-state index is -0.702. The normalized spacial score (nSPS) is 11.5. The number of amides is 1. The van der Waals surface area contributed by atoms with Gasteiger partial charge in [0.25, 0.3) is 0 Å². The molecule has 0 aromatic heterocycles. The number of halogens is 1. The molecule has 4 heteroatoms. The average molecular weight is 282 g/mol. The molecule has 0 heterocycles. The van der Waals surface area contributed by atoms with Crippen molar-refractivity contribution in [3.8, 4) is 6.07 Å². The van der Waals surface area contributed by atoms with Crippen LogP contribution in [0.15, 0.2) is 48.5 Å². The number of carbonyl (C=O) groups excluding carboxylic acids is 1. The van der Waals surface area contributed by atoms with Crippen LogP contribution in [0.25, 0.3) is 0 Å². The molecule has 3 nitrogen and oxygen atoms in total. The lowest BCUT2D eigenvalue weighted by Gasteiger charge is -2.12. The van der Waals surface area contributed by atoms with Crippen molar-refractivity contribution < 1.29 is 9.18 Å². The molecule has 2 aromatic rings. The second-order valence-electron chi connectivity index (χ2n) is 4.85. The highest BCUT2D eigenvalue weighted by Crippen LogP contribution is 2.13. The Morgan fingerprint density at radius 2 is 2.00 bits per heavy atom. The van der Waals surface area contributed by atoms with Crippen LogP contribution in [0.3, 0.4) is 0 Å². The van der Waals surface area contributed by atoms with Gasteiger partial charge in [-0.2, -0.15) is 5.26 Å². The summed E-state index contributed by atoms with van der Waals surface area (Å²) in [6.07, 6.45) is 0.0435. The first kappa shape index (κ1) is 14.7. The van der Waals surface area contributed by atoms with E-state index in [1.54, 1.807) is 12.1 Å². The molecule has 0 spiro atoms. The van der Waals surface area contributed by atoms with Crippen LogP contribution in [0, 0.1) is 24.1 Å². The molecule has 2 rings (SSSR count). The molecule has 0 bridgehead atoms. The molecule has 0 aliphatic carbocycles. The Hall–Kier alpha value is -2.67. The second-order valence-corrected chi connectivity index (χ2v) is 4.85. The quantitative estimate of drug-likeness (QED) is 0.937. The fraction of sp³-hybridized carbons (Fsp3) is 0.176. The third-order valence-corrected chi connectivity index (χ3v) is 3.10. The number of benzene rings is 2. The van der Waals surface area contributed by atoms with Crippen LogP contribution in [0.4, 0.5) is 4.39 Å². The van der Waals surface area contributed by atoms with E-state index >= 15 is 0 Å². The van der Waals surface area contributed by atoms with Gasteiger partial charge in [-0.1, -0.05) is 42.0 Å². The van der Waals surface area contributed by atoms with E-state index in [-0.39, 0.29) is 18.1 Å². The molecule has 0 saturated carbocycles. The summed E-state index contributed by atoms with van der Waals surface area (Å²) in [5, 5.41) is 11.8. The van der Waals surface area contributed by atoms with Gasteiger partial charge < -0.3 is 5.32 Å². The first-order valence-electron chi connectivity index (χ1n) is 6.58. The van der Waals surface area contributed by atoms with E-state index in [0.29, 0.717) is 5.56 Å². The van der Waals surface area contributed by atoms with E-state index in [0.717, 1.165) is 11.1 Å². The second kappa shape index (κ2) is 6.67. The van der Waals surface area contributed by atoms with Crippen molar-refractivity contribution >= 4 is 5.91 Å². The summed E-state index contributed by atoms with van der Waals surface area (Å²) in [7, 11) is 0. The number of nitrogens with zero attached hydrogens (tertiary/aromatic N) is 1. The number of nitrogens with one attached hydrogen (secondary N) is 1. The van der Waals surface area contributed by atoms with Gasteiger partial charge in [0, 0.05) is 0 Å². The van der Waals surface area contributed by atoms with E-state index in [2.05, 4.69) is 11.4 Å². The zero-order valence-electron chi connectivity index (χ0n) is 11.6. The van der Waals surface area contributed by atoms with Gasteiger partial charge in [0.1, 0.15) is 11.9 Å². The number of carbonyl (C=O) groups is 1. The minimum Gasteiger partial charge on any atom is -0.336 e. The largest absolute Gasteiger partial charge is 0.336 e. The van der Waals surface area contributed by atoms with E-state index in [1.807, 2.05) is 31.2 Å².